The molecular formula is C24H31N5O4. The number of carbonyl (C=O) groups is 3. The molecule has 2 N–H and O–H groups in total. The molecule has 4 rings (SSSR count). The summed E-state index contributed by atoms with van der Waals surface area (Å²) in [7, 11) is 0. The number of amides is 3. The Morgan fingerprint density at radius 2 is 1.91 bits per heavy atom. The topological polar surface area (TPSA) is 109 Å². The van der Waals surface area contributed by atoms with Gasteiger partial charge < -0.3 is 25.2 Å². The molecule has 1 aromatic rings. The molecule has 0 spiro atoms. The molecule has 3 aliphatic rings. The summed E-state index contributed by atoms with van der Waals surface area (Å²) in [6.07, 6.45) is 4.84. The number of morpholine rings is 1. The highest BCUT2D eigenvalue weighted by molar-refractivity contribution is 6.12. The van der Waals surface area contributed by atoms with Crippen LogP contribution >= 0.6 is 0 Å². The van der Waals surface area contributed by atoms with Gasteiger partial charge in [0, 0.05) is 50.5 Å². The zero-order chi connectivity index (χ0) is 23.5. The van der Waals surface area contributed by atoms with Crippen LogP contribution in [0.15, 0.2) is 29.4 Å². The molecule has 1 saturated carbocycles. The second-order valence-electron chi connectivity index (χ2n) is 8.75. The fourth-order valence-electron chi connectivity index (χ4n) is 4.39. The van der Waals surface area contributed by atoms with Crippen LogP contribution in [-0.4, -0.2) is 74.3 Å². The zero-order valence-corrected chi connectivity index (χ0v) is 19.2. The Balaban J connectivity index is 1.57. The standard InChI is InChI=1S/C24H31N5O4/c1-16-15-28(24(32)18-3-4-18)22-11-19(5-6-21(22)29(16)17(2)30)20(12-25)13-26-14-23(31)27-7-9-33-10-8-27/h5-6,11-13,16,18H,3-4,7-10,14-15,25H2,1-2H3/t16-/m0/s1. The predicted molar refractivity (Wildman–Crippen MR) is 127 cm³/mol. The van der Waals surface area contributed by atoms with Crippen LogP contribution in [-0.2, 0) is 19.1 Å². The second-order valence-corrected chi connectivity index (χ2v) is 8.75. The monoisotopic (exact) mass is 453 g/mol. The van der Waals surface area contributed by atoms with Gasteiger partial charge in [0.25, 0.3) is 0 Å². The van der Waals surface area contributed by atoms with Gasteiger partial charge in [-0.25, -0.2) is 0 Å². The Labute approximate surface area is 193 Å². The lowest BCUT2D eigenvalue weighted by molar-refractivity contribution is -0.133. The number of rotatable bonds is 5. The maximum Gasteiger partial charge on any atom is 0.244 e. The Hall–Kier alpha value is -3.20. The molecule has 0 bridgehead atoms. The first-order valence-corrected chi connectivity index (χ1v) is 11.4. The van der Waals surface area contributed by atoms with Crippen LogP contribution < -0.4 is 15.5 Å². The van der Waals surface area contributed by atoms with Gasteiger partial charge in [-0.3, -0.25) is 19.4 Å². The highest BCUT2D eigenvalue weighted by Gasteiger charge is 2.39. The van der Waals surface area contributed by atoms with Gasteiger partial charge in [-0.2, -0.15) is 0 Å². The summed E-state index contributed by atoms with van der Waals surface area (Å²) in [5, 5.41) is 0. The molecule has 1 atom stereocenters. The third kappa shape index (κ3) is 4.93. The minimum absolute atomic E-state index is 0.0319. The fraction of sp³-hybridized carbons (Fsp3) is 0.500. The average molecular weight is 454 g/mol. The molecule has 2 fully saturated rings. The average Bonchev–Trinajstić information content (AvgIpc) is 3.66. The number of carbonyl (C=O) groups excluding carboxylic acids is 3. The normalized spacial score (nSPS) is 21.3. The maximum absolute atomic E-state index is 13.0. The number of nitrogens with two attached hydrogens (primary N) is 1. The van der Waals surface area contributed by atoms with Gasteiger partial charge in [-0.15, -0.1) is 0 Å². The van der Waals surface area contributed by atoms with Crippen LogP contribution in [0.2, 0.25) is 0 Å². The summed E-state index contributed by atoms with van der Waals surface area (Å²) in [6.45, 7) is 6.22. The molecule has 0 unspecified atom stereocenters. The van der Waals surface area contributed by atoms with Gasteiger partial charge in [0.05, 0.1) is 30.6 Å². The molecule has 0 aromatic heterocycles. The number of hydrogen-bond donors (Lipinski definition) is 1. The van der Waals surface area contributed by atoms with Gasteiger partial charge >= 0.3 is 0 Å². The summed E-state index contributed by atoms with van der Waals surface area (Å²) in [5.74, 6) is 0.0535. The van der Waals surface area contributed by atoms with E-state index in [4.69, 9.17) is 10.5 Å². The quantitative estimate of drug-likeness (QED) is 0.678. The van der Waals surface area contributed by atoms with Gasteiger partial charge in [0.15, 0.2) is 0 Å². The van der Waals surface area contributed by atoms with Gasteiger partial charge in [0.1, 0.15) is 6.54 Å². The number of ether oxygens (including phenoxy) is 1. The SMILES string of the molecule is CC(=O)N1c2ccc(C(C=NCC(=O)N3CCOCC3)=CN)cc2N(C(=O)C2CC2)C[C@@H]1C. The van der Waals surface area contributed by atoms with Crippen LogP contribution in [0.3, 0.4) is 0 Å². The first-order valence-electron chi connectivity index (χ1n) is 11.4. The summed E-state index contributed by atoms with van der Waals surface area (Å²) >= 11 is 0. The number of allylic oxidation sites excluding steroid dienone is 1. The molecule has 1 aliphatic carbocycles. The van der Waals surface area contributed by atoms with Gasteiger partial charge in [-0.05, 0) is 37.5 Å². The molecule has 3 amide bonds. The Morgan fingerprint density at radius 1 is 1.18 bits per heavy atom. The van der Waals surface area contributed by atoms with E-state index in [2.05, 4.69) is 4.99 Å². The molecule has 33 heavy (non-hydrogen) atoms. The molecule has 9 nitrogen and oxygen atoms in total. The first-order chi connectivity index (χ1) is 15.9. The second kappa shape index (κ2) is 9.74. The molecular weight excluding hydrogens is 422 g/mol. The highest BCUT2D eigenvalue weighted by Crippen LogP contribution is 2.41. The van der Waals surface area contributed by atoms with E-state index in [-0.39, 0.29) is 36.2 Å². The van der Waals surface area contributed by atoms with Crippen molar-refractivity contribution in [2.45, 2.75) is 32.7 Å². The van der Waals surface area contributed by atoms with E-state index in [1.54, 1.807) is 20.9 Å². The molecule has 2 heterocycles. The number of fused-ring (bicyclic) bond motifs is 1. The lowest BCUT2D eigenvalue weighted by atomic mass is 10.0. The molecule has 0 radical (unpaired) electrons. The van der Waals surface area contributed by atoms with E-state index in [0.717, 1.165) is 24.1 Å². The van der Waals surface area contributed by atoms with E-state index in [1.807, 2.05) is 25.1 Å². The molecule has 1 saturated heterocycles. The summed E-state index contributed by atoms with van der Waals surface area (Å²) in [4.78, 5) is 47.2. The summed E-state index contributed by atoms with van der Waals surface area (Å²) < 4.78 is 5.28. The predicted octanol–water partition coefficient (Wildman–Crippen LogP) is 1.41. The third-order valence-electron chi connectivity index (χ3n) is 6.28. The van der Waals surface area contributed by atoms with Crippen LogP contribution in [0.5, 0.6) is 0 Å². The van der Waals surface area contributed by atoms with Crippen LogP contribution in [0.4, 0.5) is 11.4 Å². The first kappa shape index (κ1) is 23.0. The van der Waals surface area contributed by atoms with Crippen LogP contribution in [0.1, 0.15) is 32.3 Å². The number of aliphatic imine (C=N–C) groups is 1. The molecule has 9 heteroatoms. The number of hydrogen-bond acceptors (Lipinski definition) is 6. The maximum atomic E-state index is 13.0. The van der Waals surface area contributed by atoms with E-state index in [9.17, 15) is 14.4 Å². The van der Waals surface area contributed by atoms with Gasteiger partial charge in [-0.1, -0.05) is 6.07 Å². The highest BCUT2D eigenvalue weighted by atomic mass is 16.5. The number of nitrogens with zero attached hydrogens (tertiary/aromatic N) is 4. The number of anilines is 2. The largest absolute Gasteiger partial charge is 0.404 e. The van der Waals surface area contributed by atoms with Crippen molar-refractivity contribution in [1.29, 1.82) is 0 Å². The summed E-state index contributed by atoms with van der Waals surface area (Å²) in [5.41, 5.74) is 8.71. The molecule has 2 aliphatic heterocycles. The van der Waals surface area contributed by atoms with E-state index < -0.39 is 0 Å². The lowest BCUT2D eigenvalue weighted by Gasteiger charge is -2.41. The van der Waals surface area contributed by atoms with Crippen molar-refractivity contribution in [3.63, 3.8) is 0 Å². The van der Waals surface area contributed by atoms with Crippen molar-refractivity contribution in [2.75, 3.05) is 49.2 Å². The van der Waals surface area contributed by atoms with Crippen LogP contribution in [0.25, 0.3) is 5.57 Å². The van der Waals surface area contributed by atoms with Crippen molar-refractivity contribution >= 4 is 40.9 Å². The Bertz CT molecular complexity index is 995. The zero-order valence-electron chi connectivity index (χ0n) is 19.2. The van der Waals surface area contributed by atoms with Crippen molar-refractivity contribution in [3.05, 3.63) is 30.0 Å². The van der Waals surface area contributed by atoms with Crippen molar-refractivity contribution in [2.24, 2.45) is 16.6 Å². The van der Waals surface area contributed by atoms with Crippen molar-refractivity contribution < 1.29 is 19.1 Å². The van der Waals surface area contributed by atoms with E-state index in [0.29, 0.717) is 44.1 Å². The number of benzene rings is 1. The lowest BCUT2D eigenvalue weighted by Crippen LogP contribution is -2.51. The molecule has 1 aromatic carbocycles. The van der Waals surface area contributed by atoms with E-state index >= 15 is 0 Å². The summed E-state index contributed by atoms with van der Waals surface area (Å²) in [6, 6.07) is 5.49. The van der Waals surface area contributed by atoms with E-state index in [1.165, 1.54) is 13.1 Å². The third-order valence-corrected chi connectivity index (χ3v) is 6.28. The van der Waals surface area contributed by atoms with Crippen molar-refractivity contribution in [1.82, 2.24) is 4.90 Å². The Kier molecular flexibility index (Phi) is 6.78. The minimum Gasteiger partial charge on any atom is -0.404 e. The molecule has 176 valence electrons. The van der Waals surface area contributed by atoms with Crippen molar-refractivity contribution in [3.8, 4) is 0 Å². The fourth-order valence-corrected chi connectivity index (χ4v) is 4.39. The minimum atomic E-state index is -0.110. The smallest absolute Gasteiger partial charge is 0.244 e. The Morgan fingerprint density at radius 3 is 2.55 bits per heavy atom. The van der Waals surface area contributed by atoms with Crippen LogP contribution in [0, 0.1) is 5.92 Å². The van der Waals surface area contributed by atoms with Gasteiger partial charge in [0.2, 0.25) is 17.7 Å².